The molecular formula is C12H16N2O2S. The molecule has 1 aromatic rings. The van der Waals surface area contributed by atoms with E-state index in [4.69, 9.17) is 4.74 Å². The van der Waals surface area contributed by atoms with Gasteiger partial charge < -0.3 is 10.1 Å². The minimum atomic E-state index is -0.0873. The zero-order valence-electron chi connectivity index (χ0n) is 9.73. The number of anilines is 1. The fourth-order valence-electron chi connectivity index (χ4n) is 1.62. The summed E-state index contributed by atoms with van der Waals surface area (Å²) in [6.07, 6.45) is 0. The van der Waals surface area contributed by atoms with Gasteiger partial charge in [-0.2, -0.15) is 0 Å². The summed E-state index contributed by atoms with van der Waals surface area (Å²) in [5.74, 6) is 2.47. The molecule has 0 spiro atoms. The molecule has 2 rings (SSSR count). The van der Waals surface area contributed by atoms with Crippen LogP contribution in [0, 0.1) is 0 Å². The van der Waals surface area contributed by atoms with Gasteiger partial charge in [0.2, 0.25) is 5.91 Å². The van der Waals surface area contributed by atoms with Crippen LogP contribution in [0.15, 0.2) is 24.3 Å². The van der Waals surface area contributed by atoms with E-state index in [1.807, 2.05) is 31.2 Å². The van der Waals surface area contributed by atoms with Crippen LogP contribution in [0.4, 0.5) is 5.69 Å². The highest BCUT2D eigenvalue weighted by Crippen LogP contribution is 2.18. The zero-order valence-corrected chi connectivity index (χ0v) is 10.5. The summed E-state index contributed by atoms with van der Waals surface area (Å²) in [6, 6.07) is 7.36. The lowest BCUT2D eigenvalue weighted by molar-refractivity contribution is -0.117. The van der Waals surface area contributed by atoms with Crippen LogP contribution < -0.4 is 15.4 Å². The number of amides is 1. The Balaban J connectivity index is 1.97. The van der Waals surface area contributed by atoms with E-state index >= 15 is 0 Å². The number of carbonyl (C=O) groups excluding carboxylic acids is 1. The maximum atomic E-state index is 11.9. The van der Waals surface area contributed by atoms with E-state index in [-0.39, 0.29) is 11.9 Å². The van der Waals surface area contributed by atoms with Gasteiger partial charge in [-0.1, -0.05) is 6.07 Å². The van der Waals surface area contributed by atoms with Gasteiger partial charge in [0.05, 0.1) is 12.6 Å². The molecule has 1 unspecified atom stereocenters. The Morgan fingerprint density at radius 2 is 2.53 bits per heavy atom. The minimum absolute atomic E-state index is 0.0173. The van der Waals surface area contributed by atoms with Crippen LogP contribution in [0.5, 0.6) is 5.75 Å². The summed E-state index contributed by atoms with van der Waals surface area (Å²) in [4.78, 5) is 11.9. The summed E-state index contributed by atoms with van der Waals surface area (Å²) in [5.41, 5.74) is 0.777. The van der Waals surface area contributed by atoms with Gasteiger partial charge in [0.1, 0.15) is 5.75 Å². The number of hydrogen-bond acceptors (Lipinski definition) is 4. The molecule has 17 heavy (non-hydrogen) atoms. The van der Waals surface area contributed by atoms with Gasteiger partial charge in [0, 0.05) is 23.4 Å². The van der Waals surface area contributed by atoms with Crippen LogP contribution in [-0.2, 0) is 4.79 Å². The molecule has 0 saturated carbocycles. The van der Waals surface area contributed by atoms with Gasteiger partial charge in [0.15, 0.2) is 0 Å². The van der Waals surface area contributed by atoms with Crippen molar-refractivity contribution in [1.29, 1.82) is 0 Å². The van der Waals surface area contributed by atoms with Gasteiger partial charge in [0.25, 0.3) is 0 Å². The summed E-state index contributed by atoms with van der Waals surface area (Å²) < 4.78 is 5.38. The third kappa shape index (κ3) is 3.38. The topological polar surface area (TPSA) is 50.4 Å². The average molecular weight is 252 g/mol. The highest BCUT2D eigenvalue weighted by molar-refractivity contribution is 7.99. The van der Waals surface area contributed by atoms with Crippen molar-refractivity contribution in [3.8, 4) is 5.75 Å². The average Bonchev–Trinajstić information content (AvgIpc) is 2.83. The van der Waals surface area contributed by atoms with Crippen molar-refractivity contribution in [2.75, 3.05) is 23.6 Å². The van der Waals surface area contributed by atoms with Crippen LogP contribution in [0.1, 0.15) is 6.92 Å². The first-order valence-corrected chi connectivity index (χ1v) is 6.80. The predicted molar refractivity (Wildman–Crippen MR) is 70.5 cm³/mol. The van der Waals surface area contributed by atoms with E-state index in [2.05, 4.69) is 10.6 Å². The van der Waals surface area contributed by atoms with Gasteiger partial charge in [-0.05, 0) is 19.1 Å². The summed E-state index contributed by atoms with van der Waals surface area (Å²) in [7, 11) is 0. The number of nitrogens with one attached hydrogen (secondary N) is 2. The molecule has 1 amide bonds. The van der Waals surface area contributed by atoms with Crippen LogP contribution >= 0.6 is 11.8 Å². The second kappa shape index (κ2) is 5.93. The van der Waals surface area contributed by atoms with Crippen molar-refractivity contribution in [1.82, 2.24) is 5.32 Å². The van der Waals surface area contributed by atoms with Gasteiger partial charge >= 0.3 is 0 Å². The van der Waals surface area contributed by atoms with E-state index in [9.17, 15) is 4.79 Å². The Morgan fingerprint density at radius 3 is 3.24 bits per heavy atom. The fraction of sp³-hybridized carbons (Fsp3) is 0.417. The molecule has 1 aromatic carbocycles. The highest BCUT2D eigenvalue weighted by atomic mass is 32.2. The first-order chi connectivity index (χ1) is 8.29. The second-order valence-electron chi connectivity index (χ2n) is 3.72. The number of ether oxygens (including phenoxy) is 1. The maximum absolute atomic E-state index is 11.9. The van der Waals surface area contributed by atoms with Gasteiger partial charge in [-0.25, -0.2) is 0 Å². The SMILES string of the molecule is CCOc1cccc(NC(=O)C2CSCN2)c1. The number of carbonyl (C=O) groups is 1. The normalized spacial score (nSPS) is 19.0. The number of rotatable bonds is 4. The summed E-state index contributed by atoms with van der Waals surface area (Å²) in [6.45, 7) is 2.56. The minimum Gasteiger partial charge on any atom is -0.494 e. The quantitative estimate of drug-likeness (QED) is 0.856. The molecule has 1 aliphatic heterocycles. The van der Waals surface area contributed by atoms with Gasteiger partial charge in [-0.15, -0.1) is 11.8 Å². The van der Waals surface area contributed by atoms with E-state index in [1.54, 1.807) is 11.8 Å². The Hall–Kier alpha value is -1.20. The molecule has 1 aliphatic rings. The van der Waals surface area contributed by atoms with Crippen LogP contribution in [0.3, 0.4) is 0 Å². The van der Waals surface area contributed by atoms with Crippen molar-refractivity contribution >= 4 is 23.4 Å². The van der Waals surface area contributed by atoms with Crippen LogP contribution in [0.2, 0.25) is 0 Å². The van der Waals surface area contributed by atoms with Crippen molar-refractivity contribution in [2.45, 2.75) is 13.0 Å². The third-order valence-electron chi connectivity index (χ3n) is 2.45. The second-order valence-corrected chi connectivity index (χ2v) is 4.75. The van der Waals surface area contributed by atoms with Crippen molar-refractivity contribution in [3.05, 3.63) is 24.3 Å². The van der Waals surface area contributed by atoms with Crippen molar-refractivity contribution < 1.29 is 9.53 Å². The highest BCUT2D eigenvalue weighted by Gasteiger charge is 2.22. The Labute approximate surface area is 105 Å². The number of hydrogen-bond donors (Lipinski definition) is 2. The van der Waals surface area contributed by atoms with E-state index < -0.39 is 0 Å². The summed E-state index contributed by atoms with van der Waals surface area (Å²) in [5, 5.41) is 6.02. The standard InChI is InChI=1S/C12H16N2O2S/c1-2-16-10-5-3-4-9(6-10)14-12(15)11-7-17-8-13-11/h3-6,11,13H,2,7-8H2,1H3,(H,14,15). The number of benzene rings is 1. The molecular weight excluding hydrogens is 236 g/mol. The lowest BCUT2D eigenvalue weighted by Gasteiger charge is -2.11. The molecule has 92 valence electrons. The smallest absolute Gasteiger partial charge is 0.242 e. The lowest BCUT2D eigenvalue weighted by atomic mass is 10.2. The van der Waals surface area contributed by atoms with Crippen LogP contribution in [0.25, 0.3) is 0 Å². The van der Waals surface area contributed by atoms with Crippen LogP contribution in [-0.4, -0.2) is 30.2 Å². The molecule has 1 saturated heterocycles. The fourth-order valence-corrected chi connectivity index (χ4v) is 2.57. The first-order valence-electron chi connectivity index (χ1n) is 5.64. The molecule has 4 nitrogen and oxygen atoms in total. The molecule has 0 bridgehead atoms. The molecule has 0 radical (unpaired) electrons. The Bertz CT molecular complexity index is 392. The lowest BCUT2D eigenvalue weighted by Crippen LogP contribution is -2.37. The summed E-state index contributed by atoms with van der Waals surface area (Å²) >= 11 is 1.74. The predicted octanol–water partition coefficient (Wildman–Crippen LogP) is 1.69. The molecule has 1 fully saturated rings. The Morgan fingerprint density at radius 1 is 1.65 bits per heavy atom. The van der Waals surface area contributed by atoms with Gasteiger partial charge in [-0.3, -0.25) is 10.1 Å². The van der Waals surface area contributed by atoms with E-state index in [0.29, 0.717) is 6.61 Å². The van der Waals surface area contributed by atoms with Crippen molar-refractivity contribution in [2.24, 2.45) is 0 Å². The van der Waals surface area contributed by atoms with E-state index in [0.717, 1.165) is 23.1 Å². The molecule has 0 aliphatic carbocycles. The zero-order chi connectivity index (χ0) is 12.1. The monoisotopic (exact) mass is 252 g/mol. The van der Waals surface area contributed by atoms with E-state index in [1.165, 1.54) is 0 Å². The molecule has 1 atom stereocenters. The third-order valence-corrected chi connectivity index (χ3v) is 3.39. The molecule has 2 N–H and O–H groups in total. The first kappa shape index (κ1) is 12.3. The molecule has 0 aromatic heterocycles. The maximum Gasteiger partial charge on any atom is 0.242 e. The largest absolute Gasteiger partial charge is 0.494 e. The molecule has 5 heteroatoms. The van der Waals surface area contributed by atoms with Crippen molar-refractivity contribution in [3.63, 3.8) is 0 Å². The Kier molecular flexibility index (Phi) is 4.28. The molecule has 1 heterocycles. The number of thioether (sulfide) groups is 1.